The van der Waals surface area contributed by atoms with E-state index in [1.165, 1.54) is 12.1 Å². The molecular weight excluding hydrogens is 374 g/mol. The Morgan fingerprint density at radius 2 is 1.52 bits per heavy atom. The summed E-state index contributed by atoms with van der Waals surface area (Å²) in [7, 11) is 0. The zero-order chi connectivity index (χ0) is 21.5. The Balaban J connectivity index is 1.92. The van der Waals surface area contributed by atoms with Gasteiger partial charge in [0.25, 0.3) is 11.8 Å². The van der Waals surface area contributed by atoms with Gasteiger partial charge in [0.05, 0.1) is 16.7 Å². The van der Waals surface area contributed by atoms with E-state index in [0.717, 1.165) is 11.6 Å². The predicted octanol–water partition coefficient (Wildman–Crippen LogP) is 2.97. The number of hydrogen-bond acceptors (Lipinski definition) is 4. The van der Waals surface area contributed by atoms with E-state index in [0.29, 0.717) is 10.5 Å². The number of hydrogen-bond donors (Lipinski definition) is 2. The molecule has 1 atom stereocenters. The minimum atomic E-state index is -1.39. The predicted molar refractivity (Wildman–Crippen MR) is 104 cm³/mol. The minimum Gasteiger partial charge on any atom is -0.480 e. The third-order valence-corrected chi connectivity index (χ3v) is 5.01. The molecule has 7 nitrogen and oxygen atoms in total. The van der Waals surface area contributed by atoms with Crippen molar-refractivity contribution in [2.45, 2.75) is 38.6 Å². The van der Waals surface area contributed by atoms with Crippen molar-refractivity contribution in [3.05, 3.63) is 70.3 Å². The Bertz CT molecular complexity index is 1020. The van der Waals surface area contributed by atoms with Crippen molar-refractivity contribution >= 4 is 23.8 Å². The Morgan fingerprint density at radius 3 is 2.03 bits per heavy atom. The molecule has 150 valence electrons. The monoisotopic (exact) mass is 395 g/mol. The number of benzene rings is 2. The average molecular weight is 395 g/mol. The summed E-state index contributed by atoms with van der Waals surface area (Å²) in [4.78, 5) is 49.2. The standard InChI is InChI=1S/C22H21NO6/c1-22(2,3)14-7-4-12(5-8-14)10-17(21(28)29)23-18(24)15-9-6-13(20(26)27)11-16(15)19(23)25/h4-9,11,17H,10H2,1-3H3,(H,26,27)(H,28,29)/t17-/m1/s1. The number of carbonyl (C=O) groups is 4. The largest absolute Gasteiger partial charge is 0.480 e. The van der Waals surface area contributed by atoms with Crippen LogP contribution in [0.3, 0.4) is 0 Å². The van der Waals surface area contributed by atoms with E-state index < -0.39 is 29.8 Å². The number of aliphatic carboxylic acids is 1. The van der Waals surface area contributed by atoms with Gasteiger partial charge in [-0.25, -0.2) is 9.59 Å². The van der Waals surface area contributed by atoms with Gasteiger partial charge in [-0.15, -0.1) is 0 Å². The van der Waals surface area contributed by atoms with Crippen LogP contribution in [0.25, 0.3) is 0 Å². The maximum Gasteiger partial charge on any atom is 0.335 e. The lowest BCUT2D eigenvalue weighted by atomic mass is 9.86. The number of nitrogens with zero attached hydrogens (tertiary/aromatic N) is 1. The molecule has 2 N–H and O–H groups in total. The fraction of sp³-hybridized carbons (Fsp3) is 0.273. The van der Waals surface area contributed by atoms with Crippen LogP contribution >= 0.6 is 0 Å². The van der Waals surface area contributed by atoms with Crippen LogP contribution in [-0.4, -0.2) is 44.9 Å². The molecule has 0 saturated carbocycles. The van der Waals surface area contributed by atoms with Gasteiger partial charge < -0.3 is 10.2 Å². The molecule has 2 amide bonds. The van der Waals surface area contributed by atoms with Crippen LogP contribution in [0, 0.1) is 0 Å². The van der Waals surface area contributed by atoms with Crippen LogP contribution in [0.4, 0.5) is 0 Å². The third-order valence-electron chi connectivity index (χ3n) is 5.01. The molecule has 7 heteroatoms. The summed E-state index contributed by atoms with van der Waals surface area (Å²) in [6.45, 7) is 6.19. The fourth-order valence-electron chi connectivity index (χ4n) is 3.33. The summed E-state index contributed by atoms with van der Waals surface area (Å²) in [5.41, 5.74) is 1.47. The second-order valence-corrected chi connectivity index (χ2v) is 8.05. The van der Waals surface area contributed by atoms with Gasteiger partial charge in [-0.2, -0.15) is 0 Å². The summed E-state index contributed by atoms with van der Waals surface area (Å²) in [6, 6.07) is 9.55. The molecule has 0 unspecified atom stereocenters. The molecule has 0 radical (unpaired) electrons. The van der Waals surface area contributed by atoms with Gasteiger partial charge in [-0.05, 0) is 34.7 Å². The van der Waals surface area contributed by atoms with E-state index >= 15 is 0 Å². The van der Waals surface area contributed by atoms with Crippen LogP contribution in [0.5, 0.6) is 0 Å². The van der Waals surface area contributed by atoms with E-state index in [1.54, 1.807) is 12.1 Å². The molecule has 29 heavy (non-hydrogen) atoms. The van der Waals surface area contributed by atoms with Crippen LogP contribution < -0.4 is 0 Å². The van der Waals surface area contributed by atoms with Gasteiger partial charge in [-0.1, -0.05) is 45.0 Å². The number of fused-ring (bicyclic) bond motifs is 1. The highest BCUT2D eigenvalue weighted by Crippen LogP contribution is 2.28. The van der Waals surface area contributed by atoms with Crippen molar-refractivity contribution < 1.29 is 29.4 Å². The molecule has 0 aliphatic carbocycles. The van der Waals surface area contributed by atoms with Gasteiger partial charge in [0.1, 0.15) is 6.04 Å². The first-order chi connectivity index (χ1) is 13.5. The average Bonchev–Trinajstić information content (AvgIpc) is 2.89. The van der Waals surface area contributed by atoms with Gasteiger partial charge >= 0.3 is 11.9 Å². The van der Waals surface area contributed by atoms with Gasteiger partial charge in [0.2, 0.25) is 0 Å². The molecule has 2 aromatic rings. The lowest BCUT2D eigenvalue weighted by Gasteiger charge is -2.23. The highest BCUT2D eigenvalue weighted by molar-refractivity contribution is 6.23. The summed E-state index contributed by atoms with van der Waals surface area (Å²) in [5.74, 6) is -4.08. The number of rotatable bonds is 5. The molecule has 2 aromatic carbocycles. The van der Waals surface area contributed by atoms with E-state index in [9.17, 15) is 24.3 Å². The summed E-state index contributed by atoms with van der Waals surface area (Å²) in [5, 5.41) is 18.8. The maximum atomic E-state index is 12.8. The first kappa shape index (κ1) is 20.3. The fourth-order valence-corrected chi connectivity index (χ4v) is 3.33. The second kappa shape index (κ2) is 7.16. The molecule has 0 saturated heterocycles. The van der Waals surface area contributed by atoms with Gasteiger partial charge in [0, 0.05) is 6.42 Å². The Morgan fingerprint density at radius 1 is 0.931 bits per heavy atom. The van der Waals surface area contributed by atoms with E-state index in [2.05, 4.69) is 20.8 Å². The molecule has 1 heterocycles. The van der Waals surface area contributed by atoms with Crippen LogP contribution in [-0.2, 0) is 16.6 Å². The molecule has 0 aromatic heterocycles. The molecule has 0 spiro atoms. The van der Waals surface area contributed by atoms with Crippen molar-refractivity contribution in [2.24, 2.45) is 0 Å². The first-order valence-corrected chi connectivity index (χ1v) is 9.08. The zero-order valence-electron chi connectivity index (χ0n) is 16.3. The molecule has 0 fully saturated rings. The molecule has 1 aliphatic rings. The van der Waals surface area contributed by atoms with Crippen LogP contribution in [0.1, 0.15) is 63.0 Å². The molecule has 0 bridgehead atoms. The van der Waals surface area contributed by atoms with Crippen molar-refractivity contribution in [3.8, 4) is 0 Å². The van der Waals surface area contributed by atoms with E-state index in [1.807, 2.05) is 12.1 Å². The Hall–Kier alpha value is -3.48. The number of imide groups is 1. The molecule has 3 rings (SSSR count). The van der Waals surface area contributed by atoms with Crippen LogP contribution in [0.15, 0.2) is 42.5 Å². The molecule has 1 aliphatic heterocycles. The summed E-state index contributed by atoms with van der Waals surface area (Å²) >= 11 is 0. The SMILES string of the molecule is CC(C)(C)c1ccc(C[C@H](C(=O)O)N2C(=O)c3ccc(C(=O)O)cc3C2=O)cc1. The molecular formula is C22H21NO6. The highest BCUT2D eigenvalue weighted by atomic mass is 16.4. The number of carboxylic acids is 2. The van der Waals surface area contributed by atoms with Crippen molar-refractivity contribution in [3.63, 3.8) is 0 Å². The lowest BCUT2D eigenvalue weighted by Crippen LogP contribution is -2.46. The minimum absolute atomic E-state index is 0.00864. The summed E-state index contributed by atoms with van der Waals surface area (Å²) in [6.07, 6.45) is -0.0446. The van der Waals surface area contributed by atoms with Crippen molar-refractivity contribution in [1.29, 1.82) is 0 Å². The van der Waals surface area contributed by atoms with E-state index in [-0.39, 0.29) is 28.5 Å². The zero-order valence-corrected chi connectivity index (χ0v) is 16.3. The quantitative estimate of drug-likeness (QED) is 0.753. The first-order valence-electron chi connectivity index (χ1n) is 9.08. The third kappa shape index (κ3) is 3.76. The second-order valence-electron chi connectivity index (χ2n) is 8.05. The Kier molecular flexibility index (Phi) is 5.00. The Labute approximate surface area is 167 Å². The van der Waals surface area contributed by atoms with Crippen LogP contribution in [0.2, 0.25) is 0 Å². The summed E-state index contributed by atoms with van der Waals surface area (Å²) < 4.78 is 0. The van der Waals surface area contributed by atoms with Gasteiger partial charge in [0.15, 0.2) is 0 Å². The van der Waals surface area contributed by atoms with E-state index in [4.69, 9.17) is 5.11 Å². The normalized spacial score (nSPS) is 14.7. The van der Waals surface area contributed by atoms with Gasteiger partial charge in [-0.3, -0.25) is 14.5 Å². The smallest absolute Gasteiger partial charge is 0.335 e. The number of carboxylic acid groups (broad SMARTS) is 2. The lowest BCUT2D eigenvalue weighted by molar-refractivity contribution is -0.141. The van der Waals surface area contributed by atoms with Crippen molar-refractivity contribution in [2.75, 3.05) is 0 Å². The highest BCUT2D eigenvalue weighted by Gasteiger charge is 2.43. The maximum absolute atomic E-state index is 12.8. The number of amides is 2. The topological polar surface area (TPSA) is 112 Å². The van der Waals surface area contributed by atoms with Crippen molar-refractivity contribution in [1.82, 2.24) is 4.90 Å². The number of carbonyl (C=O) groups excluding carboxylic acids is 2. The number of aromatic carboxylic acids is 1.